The number of rotatable bonds is 5. The highest BCUT2D eigenvalue weighted by atomic mass is 32.2. The van der Waals surface area contributed by atoms with Crippen molar-refractivity contribution in [2.24, 2.45) is 0 Å². The Morgan fingerprint density at radius 1 is 1.40 bits per heavy atom. The standard InChI is InChI=1S/C12H15NO6S/c1-20(17,18)10-4-3-8(19-10)11(16)13-12(5-2-6-12)7-9(14)15/h3-4H,2,5-7H2,1H3,(H,13,16)(H,14,15). The molecule has 0 unspecified atom stereocenters. The van der Waals surface area contributed by atoms with E-state index < -0.39 is 27.3 Å². The molecule has 0 spiro atoms. The smallest absolute Gasteiger partial charge is 0.305 e. The first-order valence-electron chi connectivity index (χ1n) is 6.06. The highest BCUT2D eigenvalue weighted by molar-refractivity contribution is 7.90. The van der Waals surface area contributed by atoms with E-state index in [1.807, 2.05) is 0 Å². The Balaban J connectivity index is 2.12. The minimum absolute atomic E-state index is 0.137. The third-order valence-electron chi connectivity index (χ3n) is 3.35. The van der Waals surface area contributed by atoms with Crippen molar-refractivity contribution in [3.05, 3.63) is 17.9 Å². The van der Waals surface area contributed by atoms with Gasteiger partial charge in [0.2, 0.25) is 14.9 Å². The van der Waals surface area contributed by atoms with Gasteiger partial charge in [-0.2, -0.15) is 0 Å². The van der Waals surface area contributed by atoms with E-state index in [2.05, 4.69) is 5.32 Å². The number of furan rings is 1. The van der Waals surface area contributed by atoms with E-state index in [4.69, 9.17) is 9.52 Å². The normalized spacial score (nSPS) is 17.2. The molecule has 1 aromatic rings. The Morgan fingerprint density at radius 3 is 2.45 bits per heavy atom. The Labute approximate surface area is 115 Å². The predicted octanol–water partition coefficient (Wildman–Crippen LogP) is 0.810. The fraction of sp³-hybridized carbons (Fsp3) is 0.500. The van der Waals surface area contributed by atoms with Crippen LogP contribution in [0.2, 0.25) is 0 Å². The van der Waals surface area contributed by atoms with Crippen molar-refractivity contribution in [2.45, 2.75) is 36.3 Å². The number of sulfone groups is 1. The quantitative estimate of drug-likeness (QED) is 0.832. The molecule has 8 heteroatoms. The predicted molar refractivity (Wildman–Crippen MR) is 68.1 cm³/mol. The molecule has 1 amide bonds. The van der Waals surface area contributed by atoms with Gasteiger partial charge < -0.3 is 14.8 Å². The molecule has 1 aromatic heterocycles. The van der Waals surface area contributed by atoms with Crippen LogP contribution in [-0.2, 0) is 14.6 Å². The first kappa shape index (κ1) is 14.6. The summed E-state index contributed by atoms with van der Waals surface area (Å²) in [4.78, 5) is 22.8. The number of nitrogens with one attached hydrogen (secondary N) is 1. The molecular weight excluding hydrogens is 286 g/mol. The van der Waals surface area contributed by atoms with Crippen LogP contribution in [0.15, 0.2) is 21.6 Å². The first-order chi connectivity index (χ1) is 9.22. The summed E-state index contributed by atoms with van der Waals surface area (Å²) in [6.07, 6.45) is 2.85. The van der Waals surface area contributed by atoms with Crippen LogP contribution in [0.3, 0.4) is 0 Å². The zero-order valence-electron chi connectivity index (χ0n) is 10.9. The molecule has 1 aliphatic rings. The SMILES string of the molecule is CS(=O)(=O)c1ccc(C(=O)NC2(CC(=O)O)CCC2)o1. The molecule has 0 bridgehead atoms. The van der Waals surface area contributed by atoms with Gasteiger partial charge in [0, 0.05) is 6.26 Å². The Kier molecular flexibility index (Phi) is 3.59. The number of hydrogen-bond donors (Lipinski definition) is 2. The van der Waals surface area contributed by atoms with Crippen LogP contribution < -0.4 is 5.32 Å². The lowest BCUT2D eigenvalue weighted by atomic mass is 9.74. The van der Waals surface area contributed by atoms with Gasteiger partial charge in [-0.25, -0.2) is 8.42 Å². The zero-order chi connectivity index (χ0) is 15.0. The Bertz CT molecular complexity index is 641. The molecule has 20 heavy (non-hydrogen) atoms. The van der Waals surface area contributed by atoms with Crippen LogP contribution in [0.5, 0.6) is 0 Å². The van der Waals surface area contributed by atoms with Crippen molar-refractivity contribution in [2.75, 3.05) is 6.26 Å². The number of amides is 1. The summed E-state index contributed by atoms with van der Waals surface area (Å²) in [5.74, 6) is -1.72. The number of carboxylic acids is 1. The van der Waals surface area contributed by atoms with E-state index in [9.17, 15) is 18.0 Å². The maximum absolute atomic E-state index is 12.0. The second kappa shape index (κ2) is 4.93. The van der Waals surface area contributed by atoms with Gasteiger partial charge in [-0.3, -0.25) is 9.59 Å². The maximum atomic E-state index is 12.0. The largest absolute Gasteiger partial charge is 0.481 e. The fourth-order valence-corrected chi connectivity index (χ4v) is 2.74. The van der Waals surface area contributed by atoms with Crippen molar-refractivity contribution in [1.82, 2.24) is 5.32 Å². The monoisotopic (exact) mass is 301 g/mol. The summed E-state index contributed by atoms with van der Waals surface area (Å²) in [5, 5.41) is 11.2. The Morgan fingerprint density at radius 2 is 2.05 bits per heavy atom. The number of hydrogen-bond acceptors (Lipinski definition) is 5. The van der Waals surface area contributed by atoms with Crippen molar-refractivity contribution >= 4 is 21.7 Å². The molecule has 2 N–H and O–H groups in total. The highest BCUT2D eigenvalue weighted by Gasteiger charge is 2.41. The van der Waals surface area contributed by atoms with Gasteiger partial charge in [-0.1, -0.05) is 0 Å². The molecule has 1 heterocycles. The molecule has 0 saturated heterocycles. The van der Waals surface area contributed by atoms with Gasteiger partial charge in [-0.05, 0) is 31.4 Å². The first-order valence-corrected chi connectivity index (χ1v) is 7.95. The molecule has 7 nitrogen and oxygen atoms in total. The van der Waals surface area contributed by atoms with Gasteiger partial charge in [-0.15, -0.1) is 0 Å². The highest BCUT2D eigenvalue weighted by Crippen LogP contribution is 2.35. The van der Waals surface area contributed by atoms with Crippen molar-refractivity contribution in [3.63, 3.8) is 0 Å². The van der Waals surface area contributed by atoms with E-state index in [1.54, 1.807) is 0 Å². The molecule has 1 saturated carbocycles. The van der Waals surface area contributed by atoms with Gasteiger partial charge in [0.15, 0.2) is 5.76 Å². The van der Waals surface area contributed by atoms with Crippen LogP contribution in [-0.4, -0.2) is 37.2 Å². The Hall–Kier alpha value is -1.83. The number of carbonyl (C=O) groups excluding carboxylic acids is 1. The van der Waals surface area contributed by atoms with E-state index >= 15 is 0 Å². The number of aliphatic carboxylic acids is 1. The number of carboxylic acid groups (broad SMARTS) is 1. The van der Waals surface area contributed by atoms with Crippen molar-refractivity contribution in [3.8, 4) is 0 Å². The third kappa shape index (κ3) is 3.01. The molecule has 0 aromatic carbocycles. The minimum Gasteiger partial charge on any atom is -0.481 e. The average Bonchev–Trinajstić information content (AvgIpc) is 2.73. The van der Waals surface area contributed by atoms with Crippen LogP contribution in [0.4, 0.5) is 0 Å². The molecule has 0 radical (unpaired) electrons. The molecule has 2 rings (SSSR count). The zero-order valence-corrected chi connectivity index (χ0v) is 11.7. The van der Waals surface area contributed by atoms with Gasteiger partial charge in [0.1, 0.15) is 0 Å². The summed E-state index contributed by atoms with van der Waals surface area (Å²) in [7, 11) is -3.51. The van der Waals surface area contributed by atoms with E-state index in [-0.39, 0.29) is 17.3 Å². The summed E-state index contributed by atoms with van der Waals surface area (Å²) in [5.41, 5.74) is -0.749. The maximum Gasteiger partial charge on any atom is 0.305 e. The van der Waals surface area contributed by atoms with E-state index in [0.29, 0.717) is 12.8 Å². The van der Waals surface area contributed by atoms with Crippen LogP contribution in [0.25, 0.3) is 0 Å². The van der Waals surface area contributed by atoms with Crippen LogP contribution >= 0.6 is 0 Å². The lowest BCUT2D eigenvalue weighted by molar-refractivity contribution is -0.139. The van der Waals surface area contributed by atoms with Crippen LogP contribution in [0, 0.1) is 0 Å². The van der Waals surface area contributed by atoms with Crippen molar-refractivity contribution < 1.29 is 27.5 Å². The van der Waals surface area contributed by atoms with E-state index in [0.717, 1.165) is 12.7 Å². The second-order valence-electron chi connectivity index (χ2n) is 5.05. The molecule has 110 valence electrons. The van der Waals surface area contributed by atoms with Gasteiger partial charge in [0.25, 0.3) is 5.91 Å². The lowest BCUT2D eigenvalue weighted by Crippen LogP contribution is -2.54. The summed E-state index contributed by atoms with van der Waals surface area (Å²) in [6.45, 7) is 0. The lowest BCUT2D eigenvalue weighted by Gasteiger charge is -2.41. The topological polar surface area (TPSA) is 114 Å². The van der Waals surface area contributed by atoms with Crippen LogP contribution in [0.1, 0.15) is 36.2 Å². The summed E-state index contributed by atoms with van der Waals surface area (Å²) in [6, 6.07) is 2.47. The molecule has 1 fully saturated rings. The van der Waals surface area contributed by atoms with Gasteiger partial charge in [0.05, 0.1) is 12.0 Å². The average molecular weight is 301 g/mol. The molecular formula is C12H15NO6S. The molecule has 1 aliphatic carbocycles. The number of carbonyl (C=O) groups is 2. The fourth-order valence-electron chi connectivity index (χ4n) is 2.18. The second-order valence-corrected chi connectivity index (χ2v) is 7.00. The third-order valence-corrected chi connectivity index (χ3v) is 4.30. The van der Waals surface area contributed by atoms with Gasteiger partial charge >= 0.3 is 5.97 Å². The summed E-state index contributed by atoms with van der Waals surface area (Å²) < 4.78 is 27.5. The van der Waals surface area contributed by atoms with Crippen molar-refractivity contribution in [1.29, 1.82) is 0 Å². The molecule has 0 atom stereocenters. The summed E-state index contributed by atoms with van der Waals surface area (Å²) >= 11 is 0. The molecule has 0 aliphatic heterocycles. The minimum atomic E-state index is -3.51. The van der Waals surface area contributed by atoms with E-state index in [1.165, 1.54) is 12.1 Å².